The molecule has 1 heterocycles. The van der Waals surface area contributed by atoms with Crippen molar-refractivity contribution in [1.29, 1.82) is 0 Å². The number of nitrogens with zero attached hydrogens (tertiary/aromatic N) is 2. The van der Waals surface area contributed by atoms with Gasteiger partial charge in [0.1, 0.15) is 0 Å². The quantitative estimate of drug-likeness (QED) is 0.584. The largest absolute Gasteiger partial charge is 0.399 e. The fourth-order valence-electron chi connectivity index (χ4n) is 1.81. The third-order valence-corrected chi connectivity index (χ3v) is 2.88. The van der Waals surface area contributed by atoms with Crippen molar-refractivity contribution in [1.82, 2.24) is 4.90 Å². The van der Waals surface area contributed by atoms with Crippen LogP contribution in [0.3, 0.4) is 0 Å². The minimum Gasteiger partial charge on any atom is -0.399 e. The van der Waals surface area contributed by atoms with E-state index in [2.05, 4.69) is 0 Å². The van der Waals surface area contributed by atoms with Crippen LogP contribution in [-0.4, -0.2) is 37.6 Å². The first kappa shape index (κ1) is 11.1. The van der Waals surface area contributed by atoms with Crippen molar-refractivity contribution in [3.63, 3.8) is 0 Å². The zero-order valence-corrected chi connectivity index (χ0v) is 9.16. The van der Waals surface area contributed by atoms with Gasteiger partial charge in [-0.1, -0.05) is 6.07 Å². The molecule has 1 aromatic carbocycles. The van der Waals surface area contributed by atoms with Crippen molar-refractivity contribution in [3.05, 3.63) is 24.3 Å². The van der Waals surface area contributed by atoms with Crippen molar-refractivity contribution in [3.8, 4) is 0 Å². The van der Waals surface area contributed by atoms with Gasteiger partial charge in [-0.15, -0.1) is 0 Å². The maximum absolute atomic E-state index is 13.5. The number of nitrogen functional groups attached to an aromatic ring is 1. The molecule has 2 rings (SSSR count). The minimum absolute atomic E-state index is 0.285. The fourth-order valence-corrected chi connectivity index (χ4v) is 1.81. The van der Waals surface area contributed by atoms with Crippen molar-refractivity contribution >= 4 is 11.4 Å². The Morgan fingerprint density at radius 1 is 1.31 bits per heavy atom. The standard InChI is InChI=1S/C11H15F2N3/c1-15-5-6-16(8-11(15,12)13)10-4-2-3-9(14)7-10/h2-4,7H,5-6,8,14H2,1H3. The van der Waals surface area contributed by atoms with E-state index in [9.17, 15) is 8.78 Å². The molecule has 0 atom stereocenters. The topological polar surface area (TPSA) is 32.5 Å². The maximum Gasteiger partial charge on any atom is 0.321 e. The summed E-state index contributed by atoms with van der Waals surface area (Å²) in [6.45, 7) is 0.657. The molecule has 1 aliphatic rings. The van der Waals surface area contributed by atoms with Crippen molar-refractivity contribution in [2.45, 2.75) is 6.05 Å². The highest BCUT2D eigenvalue weighted by Gasteiger charge is 2.40. The van der Waals surface area contributed by atoms with E-state index in [1.807, 2.05) is 0 Å². The van der Waals surface area contributed by atoms with Crippen LogP contribution in [0.5, 0.6) is 0 Å². The number of hydrogen-bond donors (Lipinski definition) is 1. The second-order valence-corrected chi connectivity index (χ2v) is 4.10. The molecule has 1 aromatic rings. The lowest BCUT2D eigenvalue weighted by molar-refractivity contribution is -0.136. The van der Waals surface area contributed by atoms with Crippen LogP contribution in [0.4, 0.5) is 20.2 Å². The lowest BCUT2D eigenvalue weighted by Gasteiger charge is -2.40. The number of anilines is 2. The third kappa shape index (κ3) is 2.09. The number of piperazine rings is 1. The van der Waals surface area contributed by atoms with Crippen LogP contribution < -0.4 is 10.6 Å². The van der Waals surface area contributed by atoms with Gasteiger partial charge in [0.05, 0.1) is 6.54 Å². The normalized spacial score (nSPS) is 21.1. The molecule has 1 fully saturated rings. The van der Waals surface area contributed by atoms with Gasteiger partial charge in [0, 0.05) is 24.5 Å². The molecule has 1 aliphatic heterocycles. The van der Waals surface area contributed by atoms with Crippen LogP contribution in [0.2, 0.25) is 0 Å². The van der Waals surface area contributed by atoms with Crippen LogP contribution in [0.25, 0.3) is 0 Å². The first-order valence-corrected chi connectivity index (χ1v) is 5.18. The van der Waals surface area contributed by atoms with Crippen molar-refractivity contribution in [2.75, 3.05) is 37.3 Å². The summed E-state index contributed by atoms with van der Waals surface area (Å²) in [7, 11) is 1.44. The number of benzene rings is 1. The lowest BCUT2D eigenvalue weighted by Crippen LogP contribution is -2.56. The second kappa shape index (κ2) is 3.90. The monoisotopic (exact) mass is 227 g/mol. The molecular formula is C11H15F2N3. The fraction of sp³-hybridized carbons (Fsp3) is 0.455. The smallest absolute Gasteiger partial charge is 0.321 e. The summed E-state index contributed by atoms with van der Waals surface area (Å²) in [6, 6.07) is 4.28. The van der Waals surface area contributed by atoms with E-state index in [4.69, 9.17) is 5.73 Å². The van der Waals surface area contributed by atoms with Crippen LogP contribution in [0.15, 0.2) is 24.3 Å². The molecule has 0 saturated carbocycles. The van der Waals surface area contributed by atoms with E-state index < -0.39 is 6.05 Å². The number of nitrogens with two attached hydrogens (primary N) is 1. The molecule has 3 nitrogen and oxygen atoms in total. The Bertz CT molecular complexity index is 381. The highest BCUT2D eigenvalue weighted by atomic mass is 19.3. The van der Waals surface area contributed by atoms with Gasteiger partial charge in [0.25, 0.3) is 0 Å². The molecule has 1 saturated heterocycles. The van der Waals surface area contributed by atoms with E-state index in [0.29, 0.717) is 18.8 Å². The zero-order chi connectivity index (χ0) is 11.8. The summed E-state index contributed by atoms with van der Waals surface area (Å²) >= 11 is 0. The van der Waals surface area contributed by atoms with E-state index in [0.717, 1.165) is 10.6 Å². The zero-order valence-electron chi connectivity index (χ0n) is 9.16. The Morgan fingerprint density at radius 2 is 2.06 bits per heavy atom. The molecule has 0 unspecified atom stereocenters. The van der Waals surface area contributed by atoms with Gasteiger partial charge in [-0.05, 0) is 25.2 Å². The van der Waals surface area contributed by atoms with Crippen LogP contribution in [0.1, 0.15) is 0 Å². The van der Waals surface area contributed by atoms with Crippen LogP contribution in [0, 0.1) is 0 Å². The molecule has 88 valence electrons. The van der Waals surface area contributed by atoms with E-state index in [1.54, 1.807) is 29.2 Å². The van der Waals surface area contributed by atoms with E-state index in [1.165, 1.54) is 7.05 Å². The molecule has 0 aliphatic carbocycles. The summed E-state index contributed by atoms with van der Waals surface area (Å²) in [5.41, 5.74) is 6.99. The summed E-state index contributed by atoms with van der Waals surface area (Å²) in [5.74, 6) is 0. The van der Waals surface area contributed by atoms with Gasteiger partial charge in [-0.25, -0.2) is 4.90 Å². The van der Waals surface area contributed by atoms with Gasteiger partial charge >= 0.3 is 6.05 Å². The third-order valence-electron chi connectivity index (χ3n) is 2.88. The van der Waals surface area contributed by atoms with Gasteiger partial charge in [-0.3, -0.25) is 0 Å². The second-order valence-electron chi connectivity index (χ2n) is 4.10. The Labute approximate surface area is 93.4 Å². The highest BCUT2D eigenvalue weighted by Crippen LogP contribution is 2.27. The van der Waals surface area contributed by atoms with Gasteiger partial charge in [-0.2, -0.15) is 8.78 Å². The average Bonchev–Trinajstić information content (AvgIpc) is 2.22. The molecule has 16 heavy (non-hydrogen) atoms. The van der Waals surface area contributed by atoms with Crippen LogP contribution in [-0.2, 0) is 0 Å². The molecule has 2 N–H and O–H groups in total. The van der Waals surface area contributed by atoms with E-state index in [-0.39, 0.29) is 6.54 Å². The minimum atomic E-state index is -2.77. The average molecular weight is 227 g/mol. The van der Waals surface area contributed by atoms with Crippen molar-refractivity contribution in [2.24, 2.45) is 0 Å². The summed E-state index contributed by atoms with van der Waals surface area (Å²) < 4.78 is 27.0. The summed E-state index contributed by atoms with van der Waals surface area (Å²) in [6.07, 6.45) is 0. The molecule has 0 spiro atoms. The number of halogens is 2. The molecule has 0 radical (unpaired) electrons. The molecule has 0 amide bonds. The van der Waals surface area contributed by atoms with Gasteiger partial charge in [0.2, 0.25) is 0 Å². The molecule has 0 bridgehead atoms. The maximum atomic E-state index is 13.5. The van der Waals surface area contributed by atoms with Crippen LogP contribution >= 0.6 is 0 Å². The number of rotatable bonds is 1. The Kier molecular flexibility index (Phi) is 2.71. The summed E-state index contributed by atoms with van der Waals surface area (Å²) in [5, 5.41) is 0. The van der Waals surface area contributed by atoms with E-state index >= 15 is 0 Å². The Morgan fingerprint density at radius 3 is 2.69 bits per heavy atom. The Hall–Kier alpha value is -1.36. The highest BCUT2D eigenvalue weighted by molar-refractivity contribution is 5.56. The predicted molar refractivity (Wildman–Crippen MR) is 60.6 cm³/mol. The molecular weight excluding hydrogens is 212 g/mol. The number of hydrogen-bond acceptors (Lipinski definition) is 3. The Balaban J connectivity index is 2.18. The predicted octanol–water partition coefficient (Wildman–Crippen LogP) is 1.61. The SMILES string of the molecule is CN1CCN(c2cccc(N)c2)CC1(F)F. The first-order valence-electron chi connectivity index (χ1n) is 5.18. The van der Waals surface area contributed by atoms with Crippen molar-refractivity contribution < 1.29 is 8.78 Å². The summed E-state index contributed by atoms with van der Waals surface area (Å²) in [4.78, 5) is 2.74. The molecule has 0 aromatic heterocycles. The molecule has 5 heteroatoms. The van der Waals surface area contributed by atoms with Gasteiger partial charge in [0.15, 0.2) is 0 Å². The lowest BCUT2D eigenvalue weighted by atomic mass is 10.2. The first-order chi connectivity index (χ1) is 7.49. The van der Waals surface area contributed by atoms with Gasteiger partial charge < -0.3 is 10.6 Å². The number of likely N-dealkylation sites (N-methyl/N-ethyl adjacent to an activating group) is 1. The number of alkyl halides is 2.